The third-order valence-electron chi connectivity index (χ3n) is 8.91. The average molecular weight is 412 g/mol. The summed E-state index contributed by atoms with van der Waals surface area (Å²) in [6, 6.07) is 0.206. The first kappa shape index (κ1) is 20.7. The molecular formula is C22H31F3N2O2. The second-order valence-electron chi connectivity index (χ2n) is 10.1. The van der Waals surface area contributed by atoms with Gasteiger partial charge < -0.3 is 10.2 Å². The molecule has 0 aromatic carbocycles. The number of nitrogens with zero attached hydrogens (tertiary/aromatic N) is 1. The van der Waals surface area contributed by atoms with Crippen molar-refractivity contribution in [2.75, 3.05) is 13.6 Å². The van der Waals surface area contributed by atoms with E-state index in [1.54, 1.807) is 6.08 Å². The first-order valence-electron chi connectivity index (χ1n) is 10.8. The maximum absolute atomic E-state index is 12.6. The maximum Gasteiger partial charge on any atom is 0.405 e. The third kappa shape index (κ3) is 3.19. The maximum atomic E-state index is 12.6. The molecule has 7 heteroatoms. The lowest BCUT2D eigenvalue weighted by atomic mass is 9.47. The highest BCUT2D eigenvalue weighted by Crippen LogP contribution is 2.65. The predicted octanol–water partition coefficient (Wildman–Crippen LogP) is 3.92. The Morgan fingerprint density at radius 2 is 1.90 bits per heavy atom. The summed E-state index contributed by atoms with van der Waals surface area (Å²) in [4.78, 5) is 26.6. The van der Waals surface area contributed by atoms with E-state index in [9.17, 15) is 22.8 Å². The van der Waals surface area contributed by atoms with Crippen LogP contribution in [0.1, 0.15) is 52.4 Å². The van der Waals surface area contributed by atoms with Gasteiger partial charge in [0, 0.05) is 24.4 Å². The van der Waals surface area contributed by atoms with Gasteiger partial charge in [0.2, 0.25) is 11.8 Å². The van der Waals surface area contributed by atoms with E-state index in [1.165, 1.54) is 0 Å². The van der Waals surface area contributed by atoms with Crippen LogP contribution in [0.5, 0.6) is 0 Å². The van der Waals surface area contributed by atoms with Crippen LogP contribution in [0.25, 0.3) is 0 Å². The molecule has 4 nitrogen and oxygen atoms in total. The van der Waals surface area contributed by atoms with Gasteiger partial charge in [-0.05, 0) is 67.8 Å². The molecule has 7 atom stereocenters. The van der Waals surface area contributed by atoms with Crippen LogP contribution in [0.2, 0.25) is 0 Å². The zero-order chi connectivity index (χ0) is 21.2. The fraction of sp³-hybridized carbons (Fsp3) is 0.818. The van der Waals surface area contributed by atoms with Crippen LogP contribution < -0.4 is 5.32 Å². The Kier molecular flexibility index (Phi) is 4.82. The number of rotatable bonds is 2. The number of carbonyl (C=O) groups is 2. The van der Waals surface area contributed by atoms with Crippen LogP contribution in [0.4, 0.5) is 13.2 Å². The Bertz CT molecular complexity index is 736. The van der Waals surface area contributed by atoms with Crippen molar-refractivity contribution < 1.29 is 22.8 Å². The molecule has 2 amide bonds. The van der Waals surface area contributed by atoms with Crippen LogP contribution in [0, 0.1) is 34.5 Å². The molecule has 0 bridgehead atoms. The van der Waals surface area contributed by atoms with Crippen molar-refractivity contribution in [1.29, 1.82) is 0 Å². The summed E-state index contributed by atoms with van der Waals surface area (Å²) in [5.74, 6) is 0.552. The van der Waals surface area contributed by atoms with Crippen molar-refractivity contribution in [3.05, 3.63) is 12.2 Å². The first-order valence-corrected chi connectivity index (χ1v) is 10.8. The van der Waals surface area contributed by atoms with E-state index < -0.39 is 18.6 Å². The summed E-state index contributed by atoms with van der Waals surface area (Å²) in [6.07, 6.45) is 4.79. The van der Waals surface area contributed by atoms with Crippen LogP contribution in [-0.4, -0.2) is 42.5 Å². The molecule has 3 saturated carbocycles. The SMILES string of the molecule is CN1C(=O)C=C[C@]2(C)[C@H]3CC[C@]4(C)[C@@H](C(=O)NCC(F)(F)F)CC[C@H]4[C@@H]3CC[C@@H]12. The molecule has 3 fully saturated rings. The Morgan fingerprint density at radius 1 is 1.17 bits per heavy atom. The Hall–Kier alpha value is -1.53. The molecule has 0 aromatic heterocycles. The van der Waals surface area contributed by atoms with Gasteiger partial charge in [-0.2, -0.15) is 13.2 Å². The fourth-order valence-corrected chi connectivity index (χ4v) is 7.48. The summed E-state index contributed by atoms with van der Waals surface area (Å²) in [5.41, 5.74) is -0.302. The monoisotopic (exact) mass is 412 g/mol. The van der Waals surface area contributed by atoms with Gasteiger partial charge in [-0.3, -0.25) is 9.59 Å². The molecule has 0 saturated heterocycles. The number of alkyl halides is 3. The second-order valence-corrected chi connectivity index (χ2v) is 10.1. The average Bonchev–Trinajstić information content (AvgIpc) is 3.00. The van der Waals surface area contributed by atoms with E-state index in [0.717, 1.165) is 32.1 Å². The van der Waals surface area contributed by atoms with Crippen LogP contribution >= 0.6 is 0 Å². The van der Waals surface area contributed by atoms with E-state index in [-0.39, 0.29) is 28.7 Å². The molecular weight excluding hydrogens is 381 g/mol. The van der Waals surface area contributed by atoms with Crippen molar-refractivity contribution in [1.82, 2.24) is 10.2 Å². The van der Waals surface area contributed by atoms with E-state index in [4.69, 9.17) is 0 Å². The first-order chi connectivity index (χ1) is 13.5. The van der Waals surface area contributed by atoms with Gasteiger partial charge in [-0.1, -0.05) is 19.9 Å². The summed E-state index contributed by atoms with van der Waals surface area (Å²) < 4.78 is 37.7. The summed E-state index contributed by atoms with van der Waals surface area (Å²) in [7, 11) is 1.89. The summed E-state index contributed by atoms with van der Waals surface area (Å²) in [6.45, 7) is 3.14. The lowest BCUT2D eigenvalue weighted by molar-refractivity contribution is -0.147. The number of fused-ring (bicyclic) bond motifs is 5. The van der Waals surface area contributed by atoms with E-state index in [1.807, 2.05) is 11.9 Å². The topological polar surface area (TPSA) is 49.4 Å². The van der Waals surface area contributed by atoms with Gasteiger partial charge in [0.15, 0.2) is 0 Å². The Morgan fingerprint density at radius 3 is 2.59 bits per heavy atom. The van der Waals surface area contributed by atoms with E-state index in [0.29, 0.717) is 24.2 Å². The van der Waals surface area contributed by atoms with E-state index >= 15 is 0 Å². The largest absolute Gasteiger partial charge is 0.405 e. The van der Waals surface area contributed by atoms with Crippen molar-refractivity contribution in [3.63, 3.8) is 0 Å². The predicted molar refractivity (Wildman–Crippen MR) is 103 cm³/mol. The van der Waals surface area contributed by atoms with Gasteiger partial charge in [0.1, 0.15) is 6.54 Å². The molecule has 0 spiro atoms. The van der Waals surface area contributed by atoms with Crippen molar-refractivity contribution in [2.24, 2.45) is 34.5 Å². The molecule has 4 rings (SSSR count). The number of carbonyl (C=O) groups excluding carboxylic acids is 2. The van der Waals surface area contributed by atoms with Gasteiger partial charge in [-0.15, -0.1) is 0 Å². The van der Waals surface area contributed by atoms with Crippen molar-refractivity contribution in [2.45, 2.75) is 64.6 Å². The summed E-state index contributed by atoms with van der Waals surface area (Å²) in [5, 5.41) is 2.14. The van der Waals surface area contributed by atoms with Crippen LogP contribution in [-0.2, 0) is 9.59 Å². The Labute approximate surface area is 170 Å². The van der Waals surface area contributed by atoms with E-state index in [2.05, 4.69) is 25.2 Å². The zero-order valence-electron chi connectivity index (χ0n) is 17.4. The van der Waals surface area contributed by atoms with Crippen LogP contribution in [0.15, 0.2) is 12.2 Å². The van der Waals surface area contributed by atoms with Crippen molar-refractivity contribution in [3.8, 4) is 0 Å². The molecule has 162 valence electrons. The minimum absolute atomic E-state index is 0.0637. The van der Waals surface area contributed by atoms with Gasteiger partial charge in [-0.25, -0.2) is 0 Å². The highest BCUT2D eigenvalue weighted by Gasteiger charge is 2.61. The molecule has 1 N–H and O–H groups in total. The number of likely N-dealkylation sites (N-methyl/N-ethyl adjacent to an activating group) is 1. The third-order valence-corrected chi connectivity index (χ3v) is 8.91. The van der Waals surface area contributed by atoms with Gasteiger partial charge in [0.25, 0.3) is 0 Å². The lowest BCUT2D eigenvalue weighted by Gasteiger charge is -2.60. The lowest BCUT2D eigenvalue weighted by Crippen LogP contribution is -2.60. The number of hydrogen-bond acceptors (Lipinski definition) is 2. The number of amides is 2. The molecule has 0 aromatic rings. The minimum atomic E-state index is -4.38. The minimum Gasteiger partial charge on any atom is -0.347 e. The van der Waals surface area contributed by atoms with Crippen molar-refractivity contribution >= 4 is 11.8 Å². The standard InChI is InChI=1S/C22H31F3N2O2/c1-20-10-8-15-13(4-7-17-21(15,2)11-9-18(28)27(17)3)14(20)5-6-16(20)19(29)26-12-22(23,24)25/h9,11,13-17H,4-8,10,12H2,1-3H3,(H,26,29)/t13-,14-,15-,16+,17+,20-,21+/m0/s1. The smallest absolute Gasteiger partial charge is 0.347 e. The summed E-state index contributed by atoms with van der Waals surface area (Å²) >= 11 is 0. The fourth-order valence-electron chi connectivity index (χ4n) is 7.48. The number of nitrogens with one attached hydrogen (secondary N) is 1. The molecule has 0 unspecified atom stereocenters. The highest BCUT2D eigenvalue weighted by molar-refractivity contribution is 5.89. The quantitative estimate of drug-likeness (QED) is 0.747. The number of halogens is 3. The normalized spacial score (nSPS) is 44.1. The zero-order valence-corrected chi connectivity index (χ0v) is 17.4. The van der Waals surface area contributed by atoms with Gasteiger partial charge in [0.05, 0.1) is 0 Å². The molecule has 3 aliphatic carbocycles. The Balaban J connectivity index is 1.54. The molecule has 29 heavy (non-hydrogen) atoms. The number of hydrogen-bond donors (Lipinski definition) is 1. The molecule has 4 aliphatic rings. The molecule has 1 aliphatic heterocycles. The van der Waals surface area contributed by atoms with Gasteiger partial charge >= 0.3 is 6.18 Å². The molecule has 1 heterocycles. The highest BCUT2D eigenvalue weighted by atomic mass is 19.4. The second kappa shape index (κ2) is 6.74. The molecule has 0 radical (unpaired) electrons. The van der Waals surface area contributed by atoms with Crippen LogP contribution in [0.3, 0.4) is 0 Å².